The third-order valence-corrected chi connectivity index (χ3v) is 3.50. The van der Waals surface area contributed by atoms with Crippen molar-refractivity contribution in [2.45, 2.75) is 26.0 Å². The molecule has 1 atom stereocenters. The van der Waals surface area contributed by atoms with Gasteiger partial charge in [-0.2, -0.15) is 5.10 Å². The summed E-state index contributed by atoms with van der Waals surface area (Å²) in [7, 11) is 0. The maximum Gasteiger partial charge on any atom is 0.137 e. The Kier molecular flexibility index (Phi) is 4.43. The van der Waals surface area contributed by atoms with Crippen LogP contribution in [0.15, 0.2) is 36.9 Å². The van der Waals surface area contributed by atoms with Crippen molar-refractivity contribution in [2.75, 3.05) is 0 Å². The van der Waals surface area contributed by atoms with E-state index in [0.29, 0.717) is 6.54 Å². The van der Waals surface area contributed by atoms with Gasteiger partial charge in [0.25, 0.3) is 0 Å². The second kappa shape index (κ2) is 6.08. The van der Waals surface area contributed by atoms with E-state index in [1.165, 1.54) is 6.33 Å². The quantitative estimate of drug-likeness (QED) is 0.879. The molecule has 2 rings (SSSR count). The number of rotatable bonds is 4. The molecule has 1 aromatic carbocycles. The Morgan fingerprint density at radius 2 is 2.05 bits per heavy atom. The predicted octanol–water partition coefficient (Wildman–Crippen LogP) is 2.37. The van der Waals surface area contributed by atoms with Gasteiger partial charge in [0, 0.05) is 10.9 Å². The molecule has 20 heavy (non-hydrogen) atoms. The van der Waals surface area contributed by atoms with Gasteiger partial charge in [0.05, 0.1) is 6.54 Å². The van der Waals surface area contributed by atoms with Crippen molar-refractivity contribution in [2.24, 2.45) is 5.92 Å². The molecule has 0 radical (unpaired) electrons. The topological polar surface area (TPSA) is 50.9 Å². The van der Waals surface area contributed by atoms with Gasteiger partial charge in [-0.05, 0) is 41.1 Å². The minimum Gasteiger partial charge on any atom is -0.383 e. The number of hydrogen-bond donors (Lipinski definition) is 1. The van der Waals surface area contributed by atoms with Gasteiger partial charge in [-0.3, -0.25) is 0 Å². The van der Waals surface area contributed by atoms with E-state index in [1.54, 1.807) is 11.0 Å². The van der Waals surface area contributed by atoms with E-state index in [2.05, 4.69) is 21.4 Å². The molecule has 0 saturated heterocycles. The molecule has 1 heterocycles. The molecular formula is C15H16ClN3O. The van der Waals surface area contributed by atoms with Crippen LogP contribution in [0.25, 0.3) is 0 Å². The van der Waals surface area contributed by atoms with E-state index < -0.39 is 5.60 Å². The van der Waals surface area contributed by atoms with Crippen LogP contribution in [0.4, 0.5) is 0 Å². The highest BCUT2D eigenvalue weighted by atomic mass is 35.5. The summed E-state index contributed by atoms with van der Waals surface area (Å²) < 4.78 is 1.63. The van der Waals surface area contributed by atoms with Crippen molar-refractivity contribution < 1.29 is 5.11 Å². The Morgan fingerprint density at radius 1 is 1.35 bits per heavy atom. The molecule has 1 aromatic heterocycles. The van der Waals surface area contributed by atoms with Gasteiger partial charge in [-0.15, -0.1) is 0 Å². The Balaban J connectivity index is 2.33. The largest absolute Gasteiger partial charge is 0.383 e. The van der Waals surface area contributed by atoms with Crippen molar-refractivity contribution >= 4 is 11.6 Å². The molecule has 0 saturated carbocycles. The average Bonchev–Trinajstić information content (AvgIpc) is 2.92. The SMILES string of the molecule is CC(C)C(O)(Cn1cncn1)c1ccc(C#CCl)cc1. The third kappa shape index (κ3) is 3.01. The fourth-order valence-electron chi connectivity index (χ4n) is 2.07. The lowest BCUT2D eigenvalue weighted by molar-refractivity contribution is -0.0295. The van der Waals surface area contributed by atoms with Gasteiger partial charge in [-0.1, -0.05) is 26.0 Å². The van der Waals surface area contributed by atoms with Crippen LogP contribution in [0, 0.1) is 17.2 Å². The lowest BCUT2D eigenvalue weighted by Gasteiger charge is -2.32. The number of nitrogens with zero attached hydrogens (tertiary/aromatic N) is 3. The third-order valence-electron chi connectivity index (χ3n) is 3.40. The normalized spacial score (nSPS) is 13.7. The van der Waals surface area contributed by atoms with Crippen molar-refractivity contribution in [3.63, 3.8) is 0 Å². The van der Waals surface area contributed by atoms with E-state index in [-0.39, 0.29) is 5.92 Å². The Morgan fingerprint density at radius 3 is 2.55 bits per heavy atom. The van der Waals surface area contributed by atoms with Crippen LogP contribution in [0.1, 0.15) is 25.0 Å². The highest BCUT2D eigenvalue weighted by Gasteiger charge is 2.33. The average molecular weight is 290 g/mol. The molecule has 0 amide bonds. The zero-order valence-electron chi connectivity index (χ0n) is 11.4. The number of hydrogen-bond acceptors (Lipinski definition) is 3. The van der Waals surface area contributed by atoms with Gasteiger partial charge < -0.3 is 5.11 Å². The number of benzene rings is 1. The summed E-state index contributed by atoms with van der Waals surface area (Å²) in [5.41, 5.74) is 0.624. The van der Waals surface area contributed by atoms with E-state index in [1.807, 2.05) is 38.1 Å². The van der Waals surface area contributed by atoms with Crippen molar-refractivity contribution in [1.82, 2.24) is 14.8 Å². The highest BCUT2D eigenvalue weighted by molar-refractivity contribution is 6.30. The molecule has 4 nitrogen and oxygen atoms in total. The van der Waals surface area contributed by atoms with Gasteiger partial charge in [0.15, 0.2) is 0 Å². The zero-order chi connectivity index (χ0) is 14.6. The van der Waals surface area contributed by atoms with E-state index in [0.717, 1.165) is 11.1 Å². The van der Waals surface area contributed by atoms with Crippen LogP contribution in [0.5, 0.6) is 0 Å². The first-order chi connectivity index (χ1) is 9.56. The van der Waals surface area contributed by atoms with E-state index in [9.17, 15) is 5.11 Å². The molecule has 2 aromatic rings. The molecule has 1 unspecified atom stereocenters. The summed E-state index contributed by atoms with van der Waals surface area (Å²) >= 11 is 5.38. The van der Waals surface area contributed by atoms with Crippen LogP contribution in [0.3, 0.4) is 0 Å². The van der Waals surface area contributed by atoms with Gasteiger partial charge >= 0.3 is 0 Å². The molecule has 0 fully saturated rings. The summed E-state index contributed by atoms with van der Waals surface area (Å²) in [6, 6.07) is 7.43. The predicted molar refractivity (Wildman–Crippen MR) is 77.9 cm³/mol. The molecule has 104 valence electrons. The van der Waals surface area contributed by atoms with Crippen LogP contribution in [0.2, 0.25) is 0 Å². The minimum absolute atomic E-state index is 0.0247. The standard InChI is InChI=1S/C15H16ClN3O/c1-12(2)15(20,9-19-11-17-10-18-19)14-5-3-13(4-6-14)7-8-16/h3-6,10-12,20H,9H2,1-2H3. The van der Waals surface area contributed by atoms with Crippen LogP contribution in [-0.2, 0) is 12.1 Å². The van der Waals surface area contributed by atoms with Crippen LogP contribution in [-0.4, -0.2) is 19.9 Å². The molecule has 0 bridgehead atoms. The summed E-state index contributed by atoms with van der Waals surface area (Å²) in [4.78, 5) is 3.91. The molecule has 1 N–H and O–H groups in total. The maximum absolute atomic E-state index is 11.0. The summed E-state index contributed by atoms with van der Waals surface area (Å²) in [6.45, 7) is 4.30. The molecule has 0 aliphatic carbocycles. The van der Waals surface area contributed by atoms with Crippen molar-refractivity contribution in [3.8, 4) is 11.3 Å². The Bertz CT molecular complexity index is 611. The lowest BCUT2D eigenvalue weighted by atomic mass is 9.83. The zero-order valence-corrected chi connectivity index (χ0v) is 12.2. The summed E-state index contributed by atoms with van der Waals surface area (Å²) in [5, 5.41) is 17.4. The lowest BCUT2D eigenvalue weighted by Crippen LogP contribution is -2.37. The Labute approximate surface area is 123 Å². The number of halogens is 1. The second-order valence-corrected chi connectivity index (χ2v) is 5.16. The molecular weight excluding hydrogens is 274 g/mol. The molecule has 0 aliphatic rings. The highest BCUT2D eigenvalue weighted by Crippen LogP contribution is 2.31. The van der Waals surface area contributed by atoms with Gasteiger partial charge in [0.1, 0.15) is 18.3 Å². The smallest absolute Gasteiger partial charge is 0.137 e. The fourth-order valence-corrected chi connectivity index (χ4v) is 2.17. The first kappa shape index (κ1) is 14.6. The summed E-state index contributed by atoms with van der Waals surface area (Å²) in [6.07, 6.45) is 3.06. The monoisotopic (exact) mass is 289 g/mol. The molecule has 0 aliphatic heterocycles. The molecule has 5 heteroatoms. The summed E-state index contributed by atoms with van der Waals surface area (Å²) in [5.74, 6) is 2.79. The van der Waals surface area contributed by atoms with E-state index >= 15 is 0 Å². The van der Waals surface area contributed by atoms with E-state index in [4.69, 9.17) is 11.6 Å². The molecule has 0 spiro atoms. The van der Waals surface area contributed by atoms with Crippen molar-refractivity contribution in [1.29, 1.82) is 0 Å². The number of aromatic nitrogens is 3. The van der Waals surface area contributed by atoms with Crippen LogP contribution < -0.4 is 0 Å². The van der Waals surface area contributed by atoms with Gasteiger partial charge in [0.2, 0.25) is 0 Å². The number of aliphatic hydroxyl groups is 1. The first-order valence-electron chi connectivity index (χ1n) is 6.33. The second-order valence-electron chi connectivity index (χ2n) is 4.97. The minimum atomic E-state index is -1.01. The maximum atomic E-state index is 11.0. The van der Waals surface area contributed by atoms with Crippen LogP contribution >= 0.6 is 11.6 Å². The van der Waals surface area contributed by atoms with Gasteiger partial charge in [-0.25, -0.2) is 9.67 Å². The fraction of sp³-hybridized carbons (Fsp3) is 0.333. The van der Waals surface area contributed by atoms with Crippen molar-refractivity contribution in [3.05, 3.63) is 48.0 Å². The first-order valence-corrected chi connectivity index (χ1v) is 6.71. The Hall–Kier alpha value is -1.83.